The maximum Gasteiger partial charge on any atom is 0.341 e. The van der Waals surface area contributed by atoms with E-state index >= 15 is 0 Å². The first kappa shape index (κ1) is 12.2. The molecule has 5 nitrogen and oxygen atoms in total. The lowest BCUT2D eigenvalue weighted by Gasteiger charge is -2.03. The summed E-state index contributed by atoms with van der Waals surface area (Å²) in [6.07, 6.45) is 1.46. The van der Waals surface area contributed by atoms with Gasteiger partial charge in [0.2, 0.25) is 0 Å². The molecule has 0 unspecified atom stereocenters. The summed E-state index contributed by atoms with van der Waals surface area (Å²) in [5.41, 5.74) is 0.942. The van der Waals surface area contributed by atoms with E-state index in [1.807, 2.05) is 18.4 Å². The molecule has 2 aromatic heterocycles. The highest BCUT2D eigenvalue weighted by Gasteiger charge is 2.13. The predicted molar refractivity (Wildman–Crippen MR) is 64.9 cm³/mol. The molecule has 0 bridgehead atoms. The van der Waals surface area contributed by atoms with E-state index in [-0.39, 0.29) is 17.9 Å². The maximum atomic E-state index is 11.8. The van der Waals surface area contributed by atoms with Gasteiger partial charge in [0.15, 0.2) is 5.69 Å². The van der Waals surface area contributed by atoms with Gasteiger partial charge < -0.3 is 4.74 Å². The molecule has 6 heteroatoms. The topological polar surface area (TPSA) is 75.9 Å². The van der Waals surface area contributed by atoms with E-state index in [2.05, 4.69) is 9.97 Å². The Morgan fingerprint density at radius 3 is 3.11 bits per heavy atom. The molecule has 0 spiro atoms. The number of carbonyl (C=O) groups is 1. The molecule has 0 saturated heterocycles. The fourth-order valence-electron chi connectivity index (χ4n) is 1.35. The van der Waals surface area contributed by atoms with Gasteiger partial charge in [-0.3, -0.25) is 0 Å². The van der Waals surface area contributed by atoms with Crippen molar-refractivity contribution in [2.24, 2.45) is 0 Å². The Kier molecular flexibility index (Phi) is 3.65. The zero-order chi connectivity index (χ0) is 13.0. The first-order valence-corrected chi connectivity index (χ1v) is 6.02. The van der Waals surface area contributed by atoms with Crippen molar-refractivity contribution >= 4 is 17.3 Å². The van der Waals surface area contributed by atoms with Gasteiger partial charge in [-0.25, -0.2) is 14.8 Å². The van der Waals surface area contributed by atoms with Crippen molar-refractivity contribution in [1.29, 1.82) is 5.26 Å². The second-order valence-corrected chi connectivity index (χ2v) is 4.51. The summed E-state index contributed by atoms with van der Waals surface area (Å²) >= 11 is 1.49. The van der Waals surface area contributed by atoms with Crippen LogP contribution in [-0.2, 0) is 11.3 Å². The van der Waals surface area contributed by atoms with Gasteiger partial charge in [0.25, 0.3) is 0 Å². The summed E-state index contributed by atoms with van der Waals surface area (Å²) in [4.78, 5) is 19.7. The predicted octanol–water partition coefficient (Wildman–Crippen LogP) is 2.08. The summed E-state index contributed by atoms with van der Waals surface area (Å²) in [5, 5.41) is 11.6. The first-order valence-electron chi connectivity index (χ1n) is 5.14. The molecule has 0 aliphatic carbocycles. The lowest BCUT2D eigenvalue weighted by Crippen LogP contribution is -2.08. The molecule has 0 saturated carbocycles. The van der Waals surface area contributed by atoms with Crippen LogP contribution in [-0.4, -0.2) is 15.9 Å². The molecule has 18 heavy (non-hydrogen) atoms. The zero-order valence-electron chi connectivity index (χ0n) is 9.58. The largest absolute Gasteiger partial charge is 0.455 e. The Bertz CT molecular complexity index is 616. The molecular weight excluding hydrogens is 250 g/mol. The van der Waals surface area contributed by atoms with Crippen LogP contribution >= 0.6 is 11.3 Å². The van der Waals surface area contributed by atoms with Crippen LogP contribution in [0.25, 0.3) is 0 Å². The first-order chi connectivity index (χ1) is 8.70. The molecule has 2 heterocycles. The average Bonchev–Trinajstić information content (AvgIpc) is 2.81. The number of carbonyl (C=O) groups excluding carboxylic acids is 1. The number of thiazole rings is 1. The number of hydrogen-bond donors (Lipinski definition) is 0. The van der Waals surface area contributed by atoms with E-state index in [4.69, 9.17) is 10.00 Å². The normalized spacial score (nSPS) is 9.78. The number of esters is 1. The molecule has 0 amide bonds. The second kappa shape index (κ2) is 5.38. The van der Waals surface area contributed by atoms with Crippen LogP contribution in [0.4, 0.5) is 0 Å². The molecule has 0 N–H and O–H groups in total. The third-order valence-electron chi connectivity index (χ3n) is 2.15. The number of nitrogens with zero attached hydrogens (tertiary/aromatic N) is 3. The van der Waals surface area contributed by atoms with Crippen molar-refractivity contribution in [3.8, 4) is 6.07 Å². The number of aromatic nitrogens is 2. The van der Waals surface area contributed by atoms with E-state index in [0.717, 1.165) is 5.01 Å². The van der Waals surface area contributed by atoms with Crippen LogP contribution in [0.1, 0.15) is 26.8 Å². The number of ether oxygens (including phenoxy) is 1. The van der Waals surface area contributed by atoms with Crippen molar-refractivity contribution in [1.82, 2.24) is 9.97 Å². The van der Waals surface area contributed by atoms with Crippen LogP contribution in [0.5, 0.6) is 0 Å². The van der Waals surface area contributed by atoms with Gasteiger partial charge in [-0.1, -0.05) is 0 Å². The highest BCUT2D eigenvalue weighted by Crippen LogP contribution is 2.11. The van der Waals surface area contributed by atoms with Gasteiger partial charge in [-0.2, -0.15) is 5.26 Å². The third-order valence-corrected chi connectivity index (χ3v) is 2.97. The van der Waals surface area contributed by atoms with Crippen molar-refractivity contribution in [3.63, 3.8) is 0 Å². The number of rotatable bonds is 3. The van der Waals surface area contributed by atoms with Crippen molar-refractivity contribution in [3.05, 3.63) is 45.7 Å². The van der Waals surface area contributed by atoms with Crippen LogP contribution in [0.15, 0.2) is 23.7 Å². The zero-order valence-corrected chi connectivity index (χ0v) is 10.4. The minimum atomic E-state index is -0.565. The van der Waals surface area contributed by atoms with Crippen molar-refractivity contribution in [2.75, 3.05) is 0 Å². The van der Waals surface area contributed by atoms with E-state index in [9.17, 15) is 4.79 Å². The number of hydrogen-bond acceptors (Lipinski definition) is 6. The Morgan fingerprint density at radius 2 is 2.44 bits per heavy atom. The number of aryl methyl sites for hydroxylation is 1. The molecule has 0 aliphatic rings. The third kappa shape index (κ3) is 2.70. The molecule has 2 aromatic rings. The van der Waals surface area contributed by atoms with Gasteiger partial charge in [-0.05, 0) is 19.1 Å². The molecule has 0 aliphatic heterocycles. The lowest BCUT2D eigenvalue weighted by molar-refractivity contribution is 0.0467. The summed E-state index contributed by atoms with van der Waals surface area (Å²) in [7, 11) is 0. The second-order valence-electron chi connectivity index (χ2n) is 3.45. The Labute approximate surface area is 108 Å². The molecular formula is C12H9N3O2S. The van der Waals surface area contributed by atoms with E-state index in [1.165, 1.54) is 23.6 Å². The summed E-state index contributed by atoms with van der Waals surface area (Å²) in [6, 6.07) is 4.96. The van der Waals surface area contributed by atoms with Gasteiger partial charge in [0, 0.05) is 11.6 Å². The highest BCUT2D eigenvalue weighted by molar-refractivity contribution is 7.09. The number of pyridine rings is 1. The van der Waals surface area contributed by atoms with Crippen LogP contribution in [0.2, 0.25) is 0 Å². The van der Waals surface area contributed by atoms with Gasteiger partial charge >= 0.3 is 5.97 Å². The summed E-state index contributed by atoms with van der Waals surface area (Å²) in [5.74, 6) is -0.565. The standard InChI is InChI=1S/C12H9N3O2S/c1-8-15-9(7-18-8)6-17-12(16)10-3-2-4-14-11(10)5-13/h2-4,7H,6H2,1H3. The van der Waals surface area contributed by atoms with Crippen molar-refractivity contribution < 1.29 is 9.53 Å². The SMILES string of the molecule is Cc1nc(COC(=O)c2cccnc2C#N)cs1. The maximum absolute atomic E-state index is 11.8. The van der Waals surface area contributed by atoms with E-state index in [1.54, 1.807) is 6.07 Å². The Balaban J connectivity index is 2.06. The monoisotopic (exact) mass is 259 g/mol. The van der Waals surface area contributed by atoms with E-state index in [0.29, 0.717) is 5.69 Å². The lowest BCUT2D eigenvalue weighted by atomic mass is 10.2. The van der Waals surface area contributed by atoms with Crippen molar-refractivity contribution in [2.45, 2.75) is 13.5 Å². The Morgan fingerprint density at radius 1 is 1.61 bits per heavy atom. The van der Waals surface area contributed by atoms with Crippen LogP contribution in [0.3, 0.4) is 0 Å². The quantitative estimate of drug-likeness (QED) is 0.789. The highest BCUT2D eigenvalue weighted by atomic mass is 32.1. The van der Waals surface area contributed by atoms with Gasteiger partial charge in [0.1, 0.15) is 12.7 Å². The minimum absolute atomic E-state index is 0.0666. The molecule has 2 rings (SSSR count). The summed E-state index contributed by atoms with van der Waals surface area (Å²) in [6.45, 7) is 1.98. The molecule has 0 radical (unpaired) electrons. The van der Waals surface area contributed by atoms with E-state index < -0.39 is 5.97 Å². The molecule has 0 aromatic carbocycles. The summed E-state index contributed by atoms with van der Waals surface area (Å²) < 4.78 is 5.08. The average molecular weight is 259 g/mol. The van der Waals surface area contributed by atoms with Gasteiger partial charge in [-0.15, -0.1) is 11.3 Å². The van der Waals surface area contributed by atoms with Crippen LogP contribution < -0.4 is 0 Å². The fraction of sp³-hybridized carbons (Fsp3) is 0.167. The van der Waals surface area contributed by atoms with Crippen LogP contribution in [0, 0.1) is 18.3 Å². The molecule has 90 valence electrons. The minimum Gasteiger partial charge on any atom is -0.455 e. The smallest absolute Gasteiger partial charge is 0.341 e. The molecule has 0 fully saturated rings. The molecule has 0 atom stereocenters. The fourth-order valence-corrected chi connectivity index (χ4v) is 1.95. The Hall–Kier alpha value is -2.26. The number of nitriles is 1. The van der Waals surface area contributed by atoms with Gasteiger partial charge in [0.05, 0.1) is 16.3 Å².